The Balaban J connectivity index is 2.01. The van der Waals surface area contributed by atoms with Crippen LogP contribution in [0, 0.1) is 17.3 Å². The molecule has 3 unspecified atom stereocenters. The monoisotopic (exact) mass is 454 g/mol. The van der Waals surface area contributed by atoms with Gasteiger partial charge in [-0.25, -0.2) is 0 Å². The summed E-state index contributed by atoms with van der Waals surface area (Å²) >= 11 is 5.21. The van der Waals surface area contributed by atoms with Crippen molar-refractivity contribution in [3.63, 3.8) is 0 Å². The lowest BCUT2D eigenvalue weighted by Gasteiger charge is -2.38. The fraction of sp³-hybridized carbons (Fsp3) is 0.733. The number of hydrogen-bond acceptors (Lipinski definition) is 0. The summed E-state index contributed by atoms with van der Waals surface area (Å²) in [5, 5.41) is 0. The molecule has 3 atom stereocenters. The van der Waals surface area contributed by atoms with Crippen LogP contribution in [0.1, 0.15) is 46.0 Å². The minimum atomic E-state index is 0.431. The van der Waals surface area contributed by atoms with Crippen LogP contribution in [0.2, 0.25) is 0 Å². The summed E-state index contributed by atoms with van der Waals surface area (Å²) in [4.78, 5) is 0. The number of rotatable bonds is 0. The van der Waals surface area contributed by atoms with Crippen molar-refractivity contribution in [2.75, 3.05) is 0 Å². The summed E-state index contributed by atoms with van der Waals surface area (Å²) in [6.07, 6.45) is 9.49. The first-order valence-corrected chi connectivity index (χ1v) is 9.06. The van der Waals surface area contributed by atoms with E-state index in [1.54, 1.807) is 9.15 Å². The number of alkyl halides is 1. The van der Waals surface area contributed by atoms with Gasteiger partial charge in [0, 0.05) is 3.92 Å². The van der Waals surface area contributed by atoms with E-state index in [2.05, 4.69) is 65.1 Å². The lowest BCUT2D eigenvalue weighted by atomic mass is 9.68. The lowest BCUT2D eigenvalue weighted by Crippen LogP contribution is -2.31. The first kappa shape index (κ1) is 12.9. The molecule has 0 aromatic rings. The Morgan fingerprint density at radius 3 is 2.76 bits per heavy atom. The van der Waals surface area contributed by atoms with E-state index in [1.807, 2.05) is 5.57 Å². The topological polar surface area (TPSA) is 0 Å². The summed E-state index contributed by atoms with van der Waals surface area (Å²) in [5.74, 6) is 1.84. The van der Waals surface area contributed by atoms with Crippen LogP contribution in [-0.2, 0) is 0 Å². The van der Waals surface area contributed by atoms with Gasteiger partial charge < -0.3 is 0 Å². The minimum Gasteiger partial charge on any atom is -0.0826 e. The number of halogens is 2. The Morgan fingerprint density at radius 1 is 1.24 bits per heavy atom. The van der Waals surface area contributed by atoms with Gasteiger partial charge in [-0.15, -0.1) is 0 Å². The van der Waals surface area contributed by atoms with Crippen LogP contribution < -0.4 is 0 Å². The number of allylic oxidation sites excluding steroid dienone is 4. The normalized spacial score (nSPS) is 39.8. The van der Waals surface area contributed by atoms with E-state index in [1.165, 1.54) is 32.1 Å². The van der Waals surface area contributed by atoms with Gasteiger partial charge in [0.15, 0.2) is 0 Å². The molecule has 3 aliphatic rings. The van der Waals surface area contributed by atoms with E-state index in [4.69, 9.17) is 0 Å². The Bertz CT molecular complexity index is 403. The van der Waals surface area contributed by atoms with Crippen LogP contribution in [0.25, 0.3) is 0 Å². The summed E-state index contributed by atoms with van der Waals surface area (Å²) in [7, 11) is 0. The maximum Gasteiger partial charge on any atom is 0.0113 e. The molecule has 0 aromatic heterocycles. The third-order valence-corrected chi connectivity index (χ3v) is 7.12. The number of fused-ring (bicyclic) bond motifs is 2. The Hall–Kier alpha value is 0.940. The van der Waals surface area contributed by atoms with E-state index < -0.39 is 0 Å². The van der Waals surface area contributed by atoms with Crippen molar-refractivity contribution in [2.45, 2.75) is 49.9 Å². The second kappa shape index (κ2) is 4.50. The quantitative estimate of drug-likeness (QED) is 0.328. The summed E-state index contributed by atoms with van der Waals surface area (Å²) in [6, 6.07) is 0. The van der Waals surface area contributed by atoms with E-state index >= 15 is 0 Å². The number of hydrogen-bond donors (Lipinski definition) is 0. The summed E-state index contributed by atoms with van der Waals surface area (Å²) in [5.41, 5.74) is 3.98. The predicted molar refractivity (Wildman–Crippen MR) is 90.8 cm³/mol. The zero-order valence-corrected chi connectivity index (χ0v) is 14.9. The lowest BCUT2D eigenvalue weighted by molar-refractivity contribution is 0.183. The Morgan fingerprint density at radius 2 is 2.00 bits per heavy atom. The maximum atomic E-state index is 2.67. The van der Waals surface area contributed by atoms with Crippen molar-refractivity contribution in [2.24, 2.45) is 17.3 Å². The van der Waals surface area contributed by atoms with Gasteiger partial charge in [0.25, 0.3) is 0 Å². The van der Waals surface area contributed by atoms with Crippen molar-refractivity contribution in [1.82, 2.24) is 0 Å². The molecular weight excluding hydrogens is 434 g/mol. The highest BCUT2D eigenvalue weighted by atomic mass is 127. The van der Waals surface area contributed by atoms with Gasteiger partial charge in [0.2, 0.25) is 0 Å². The zero-order chi connectivity index (χ0) is 12.2. The average Bonchev–Trinajstić information content (AvgIpc) is 2.49. The van der Waals surface area contributed by atoms with Crippen LogP contribution >= 0.6 is 45.2 Å². The molecule has 0 N–H and O–H groups in total. The molecule has 3 rings (SSSR count). The van der Waals surface area contributed by atoms with Gasteiger partial charge in [0.05, 0.1) is 0 Å². The summed E-state index contributed by atoms with van der Waals surface area (Å²) < 4.78 is 2.48. The molecule has 0 saturated heterocycles. The first-order chi connectivity index (χ1) is 8.00. The molecule has 0 amide bonds. The van der Waals surface area contributed by atoms with Crippen LogP contribution in [-0.4, -0.2) is 3.92 Å². The third kappa shape index (κ3) is 2.05. The fourth-order valence-electron chi connectivity index (χ4n) is 4.23. The second-order valence-corrected chi connectivity index (χ2v) is 9.52. The first-order valence-electron chi connectivity index (χ1n) is 6.74. The molecule has 1 fully saturated rings. The van der Waals surface area contributed by atoms with E-state index in [-0.39, 0.29) is 0 Å². The molecule has 0 bridgehead atoms. The smallest absolute Gasteiger partial charge is 0.0113 e. The van der Waals surface area contributed by atoms with Crippen molar-refractivity contribution in [1.29, 1.82) is 0 Å². The van der Waals surface area contributed by atoms with Gasteiger partial charge in [-0.1, -0.05) is 42.0 Å². The van der Waals surface area contributed by atoms with E-state index in [0.717, 1.165) is 15.8 Å². The van der Waals surface area contributed by atoms with Gasteiger partial charge in [-0.2, -0.15) is 0 Å². The van der Waals surface area contributed by atoms with Gasteiger partial charge >= 0.3 is 0 Å². The average molecular weight is 454 g/mol. The molecule has 0 spiro atoms. The predicted octanol–water partition coefficient (Wildman–Crippen LogP) is 5.66. The molecule has 17 heavy (non-hydrogen) atoms. The van der Waals surface area contributed by atoms with Crippen molar-refractivity contribution < 1.29 is 0 Å². The van der Waals surface area contributed by atoms with Gasteiger partial charge in [0.1, 0.15) is 0 Å². The minimum absolute atomic E-state index is 0.431. The highest BCUT2D eigenvalue weighted by molar-refractivity contribution is 14.1. The third-order valence-electron chi connectivity index (χ3n) is 5.14. The fourth-order valence-corrected chi connectivity index (χ4v) is 5.72. The van der Waals surface area contributed by atoms with Crippen LogP contribution in [0.5, 0.6) is 0 Å². The van der Waals surface area contributed by atoms with Crippen molar-refractivity contribution in [3.05, 3.63) is 20.8 Å². The maximum absolute atomic E-state index is 2.67. The van der Waals surface area contributed by atoms with E-state index in [0.29, 0.717) is 5.41 Å². The molecule has 0 aromatic carbocycles. The highest BCUT2D eigenvalue weighted by Gasteiger charge is 2.49. The van der Waals surface area contributed by atoms with Crippen LogP contribution in [0.4, 0.5) is 0 Å². The molecule has 0 aliphatic heterocycles. The molecule has 0 radical (unpaired) electrons. The SMILES string of the molecule is CC1(C)C2=C(CCC(I)=C2)C2CCC(I)CC21. The summed E-state index contributed by atoms with van der Waals surface area (Å²) in [6.45, 7) is 4.99. The molecule has 0 heterocycles. The van der Waals surface area contributed by atoms with Gasteiger partial charge in [-0.3, -0.25) is 0 Å². The molecule has 94 valence electrons. The van der Waals surface area contributed by atoms with Crippen LogP contribution in [0.3, 0.4) is 0 Å². The molecular formula is C15H20I2. The standard InChI is InChI=1S/C15H20I2/c1-15(2)13-7-9(16)3-5-11(13)12-6-4-10(17)8-14(12)15/h7,10,12,14H,3-6,8H2,1-2H3. The zero-order valence-electron chi connectivity index (χ0n) is 10.6. The molecule has 2 heteroatoms. The Labute approximate surface area is 132 Å². The second-order valence-electron chi connectivity index (χ2n) is 6.38. The molecule has 0 nitrogen and oxygen atoms in total. The highest BCUT2D eigenvalue weighted by Crippen LogP contribution is 2.59. The molecule has 3 aliphatic carbocycles. The largest absolute Gasteiger partial charge is 0.0826 e. The van der Waals surface area contributed by atoms with Crippen molar-refractivity contribution in [3.8, 4) is 0 Å². The van der Waals surface area contributed by atoms with Gasteiger partial charge in [-0.05, 0) is 87.2 Å². The molecule has 1 saturated carbocycles. The van der Waals surface area contributed by atoms with Crippen molar-refractivity contribution >= 4 is 45.2 Å². The van der Waals surface area contributed by atoms with Crippen LogP contribution in [0.15, 0.2) is 20.8 Å². The van der Waals surface area contributed by atoms with E-state index in [9.17, 15) is 0 Å². The Kier molecular flexibility index (Phi) is 3.42.